The molecule has 3 N–H and O–H groups in total. The van der Waals surface area contributed by atoms with Gasteiger partial charge in [0.05, 0.1) is 6.54 Å². The van der Waals surface area contributed by atoms with Crippen molar-refractivity contribution in [1.29, 1.82) is 0 Å². The largest absolute Gasteiger partial charge is 0.480 e. The summed E-state index contributed by atoms with van der Waals surface area (Å²) in [5, 5.41) is 14.5. The minimum Gasteiger partial charge on any atom is -0.480 e. The molecule has 0 spiro atoms. The Morgan fingerprint density at radius 1 is 1.56 bits per heavy atom. The lowest BCUT2D eigenvalue weighted by Gasteiger charge is -2.26. The minimum atomic E-state index is -1.12. The van der Waals surface area contributed by atoms with Gasteiger partial charge in [0.25, 0.3) is 0 Å². The highest BCUT2D eigenvalue weighted by Crippen LogP contribution is 2.39. The van der Waals surface area contributed by atoms with Crippen molar-refractivity contribution in [3.63, 3.8) is 0 Å². The van der Waals surface area contributed by atoms with E-state index >= 15 is 0 Å². The second-order valence-corrected chi connectivity index (χ2v) is 4.25. The molecule has 1 fully saturated rings. The van der Waals surface area contributed by atoms with E-state index in [9.17, 15) is 9.59 Å². The van der Waals surface area contributed by atoms with Gasteiger partial charge in [-0.05, 0) is 25.7 Å². The van der Waals surface area contributed by atoms with Gasteiger partial charge < -0.3 is 15.7 Å². The molecule has 1 unspecified atom stereocenters. The predicted molar refractivity (Wildman–Crippen MR) is 60.0 cm³/mol. The Kier molecular flexibility index (Phi) is 4.06. The highest BCUT2D eigenvalue weighted by atomic mass is 16.4. The SMILES string of the molecule is C=CCNCC(=O)NC(C)(C(=O)O)C1CC1. The summed E-state index contributed by atoms with van der Waals surface area (Å²) in [4.78, 5) is 22.6. The van der Waals surface area contributed by atoms with E-state index in [1.165, 1.54) is 0 Å². The second-order valence-electron chi connectivity index (χ2n) is 4.25. The maximum Gasteiger partial charge on any atom is 0.329 e. The standard InChI is InChI=1S/C11H18N2O3/c1-3-6-12-7-9(14)13-11(2,10(15)16)8-4-5-8/h3,8,12H,1,4-7H2,2H3,(H,13,14)(H,15,16). The normalized spacial score (nSPS) is 18.6. The van der Waals surface area contributed by atoms with E-state index in [1.54, 1.807) is 13.0 Å². The molecule has 0 heterocycles. The van der Waals surface area contributed by atoms with Crippen LogP contribution in [0.25, 0.3) is 0 Å². The minimum absolute atomic E-state index is 0.0633. The van der Waals surface area contributed by atoms with Crippen molar-refractivity contribution in [2.75, 3.05) is 13.1 Å². The van der Waals surface area contributed by atoms with Gasteiger partial charge in [-0.2, -0.15) is 0 Å². The van der Waals surface area contributed by atoms with E-state index in [4.69, 9.17) is 5.11 Å². The van der Waals surface area contributed by atoms with Gasteiger partial charge in [-0.1, -0.05) is 6.08 Å². The topological polar surface area (TPSA) is 78.4 Å². The molecule has 1 saturated carbocycles. The lowest BCUT2D eigenvalue weighted by atomic mass is 9.96. The van der Waals surface area contributed by atoms with E-state index in [2.05, 4.69) is 17.2 Å². The van der Waals surface area contributed by atoms with Crippen LogP contribution in [0.5, 0.6) is 0 Å². The van der Waals surface area contributed by atoms with Gasteiger partial charge in [-0.15, -0.1) is 6.58 Å². The molecule has 1 amide bonds. The van der Waals surface area contributed by atoms with Crippen LogP contribution in [0, 0.1) is 5.92 Å². The average molecular weight is 226 g/mol. The first kappa shape index (κ1) is 12.7. The zero-order valence-electron chi connectivity index (χ0n) is 9.45. The smallest absolute Gasteiger partial charge is 0.329 e. The first-order chi connectivity index (χ1) is 7.50. The van der Waals surface area contributed by atoms with E-state index in [1.807, 2.05) is 0 Å². The van der Waals surface area contributed by atoms with Crippen LogP contribution in [0.2, 0.25) is 0 Å². The van der Waals surface area contributed by atoms with Crippen molar-refractivity contribution in [3.05, 3.63) is 12.7 Å². The van der Waals surface area contributed by atoms with E-state index < -0.39 is 11.5 Å². The predicted octanol–water partition coefficient (Wildman–Crippen LogP) is 0.131. The molecule has 1 rings (SSSR count). The maximum absolute atomic E-state index is 11.5. The number of aliphatic carboxylic acids is 1. The molecule has 16 heavy (non-hydrogen) atoms. The Balaban J connectivity index is 2.45. The van der Waals surface area contributed by atoms with E-state index in [0.29, 0.717) is 6.54 Å². The summed E-state index contributed by atoms with van der Waals surface area (Å²) in [6.07, 6.45) is 3.37. The number of carbonyl (C=O) groups is 2. The van der Waals surface area contributed by atoms with Crippen LogP contribution >= 0.6 is 0 Å². The summed E-state index contributed by atoms with van der Waals surface area (Å²) in [5.74, 6) is -1.20. The van der Waals surface area contributed by atoms with Crippen LogP contribution in [0.3, 0.4) is 0 Å². The van der Waals surface area contributed by atoms with Crippen molar-refractivity contribution < 1.29 is 14.7 Å². The Labute approximate surface area is 94.9 Å². The third kappa shape index (κ3) is 3.06. The number of carboxylic acids is 1. The number of carbonyl (C=O) groups excluding carboxylic acids is 1. The maximum atomic E-state index is 11.5. The van der Waals surface area contributed by atoms with E-state index in [-0.39, 0.29) is 18.4 Å². The van der Waals surface area contributed by atoms with Gasteiger partial charge in [-0.25, -0.2) is 4.79 Å². The highest BCUT2D eigenvalue weighted by Gasteiger charge is 2.48. The van der Waals surface area contributed by atoms with Gasteiger partial charge in [-0.3, -0.25) is 4.79 Å². The third-order valence-corrected chi connectivity index (χ3v) is 2.81. The third-order valence-electron chi connectivity index (χ3n) is 2.81. The number of nitrogens with one attached hydrogen (secondary N) is 2. The highest BCUT2D eigenvalue weighted by molar-refractivity contribution is 5.88. The summed E-state index contributed by atoms with van der Waals surface area (Å²) in [6.45, 7) is 5.72. The molecule has 1 aliphatic carbocycles. The van der Waals surface area contributed by atoms with Crippen LogP contribution in [0.1, 0.15) is 19.8 Å². The molecule has 0 saturated heterocycles. The van der Waals surface area contributed by atoms with Gasteiger partial charge in [0.1, 0.15) is 5.54 Å². The fourth-order valence-electron chi connectivity index (χ4n) is 1.61. The zero-order valence-corrected chi connectivity index (χ0v) is 9.45. The first-order valence-electron chi connectivity index (χ1n) is 5.36. The molecule has 0 aromatic carbocycles. The van der Waals surface area contributed by atoms with Crippen molar-refractivity contribution in [2.24, 2.45) is 5.92 Å². The second kappa shape index (κ2) is 5.12. The van der Waals surface area contributed by atoms with Crippen LogP contribution in [-0.2, 0) is 9.59 Å². The van der Waals surface area contributed by atoms with Crippen molar-refractivity contribution in [2.45, 2.75) is 25.3 Å². The molecular weight excluding hydrogens is 208 g/mol. The number of hydrogen-bond donors (Lipinski definition) is 3. The molecular formula is C11H18N2O3. The van der Waals surface area contributed by atoms with Crippen LogP contribution in [0.4, 0.5) is 0 Å². The molecule has 90 valence electrons. The van der Waals surface area contributed by atoms with Crippen LogP contribution in [-0.4, -0.2) is 35.6 Å². The molecule has 0 radical (unpaired) electrons. The van der Waals surface area contributed by atoms with Gasteiger partial charge >= 0.3 is 5.97 Å². The monoisotopic (exact) mass is 226 g/mol. The molecule has 5 nitrogen and oxygen atoms in total. The number of carboxylic acid groups (broad SMARTS) is 1. The van der Waals surface area contributed by atoms with Crippen molar-refractivity contribution in [1.82, 2.24) is 10.6 Å². The Morgan fingerprint density at radius 2 is 2.19 bits per heavy atom. The fraction of sp³-hybridized carbons (Fsp3) is 0.636. The lowest BCUT2D eigenvalue weighted by molar-refractivity contribution is -0.147. The summed E-state index contributed by atoms with van der Waals surface area (Å²) < 4.78 is 0. The molecule has 5 heteroatoms. The Bertz CT molecular complexity index is 300. The molecule has 0 aliphatic heterocycles. The van der Waals surface area contributed by atoms with Gasteiger partial charge in [0.15, 0.2) is 0 Å². The van der Waals surface area contributed by atoms with Crippen LogP contribution < -0.4 is 10.6 Å². The molecule has 0 aromatic heterocycles. The van der Waals surface area contributed by atoms with Crippen molar-refractivity contribution >= 4 is 11.9 Å². The van der Waals surface area contributed by atoms with Crippen LogP contribution in [0.15, 0.2) is 12.7 Å². The van der Waals surface area contributed by atoms with Crippen molar-refractivity contribution in [3.8, 4) is 0 Å². The Hall–Kier alpha value is -1.36. The number of amides is 1. The quantitative estimate of drug-likeness (QED) is 0.426. The number of rotatable bonds is 7. The van der Waals surface area contributed by atoms with Gasteiger partial charge in [0.2, 0.25) is 5.91 Å². The zero-order chi connectivity index (χ0) is 12.2. The number of hydrogen-bond acceptors (Lipinski definition) is 3. The summed E-state index contributed by atoms with van der Waals surface area (Å²) >= 11 is 0. The molecule has 0 aromatic rings. The summed E-state index contributed by atoms with van der Waals surface area (Å²) in [6, 6.07) is 0. The first-order valence-corrected chi connectivity index (χ1v) is 5.36. The molecule has 1 aliphatic rings. The summed E-state index contributed by atoms with van der Waals surface area (Å²) in [7, 11) is 0. The fourth-order valence-corrected chi connectivity index (χ4v) is 1.61. The van der Waals surface area contributed by atoms with Gasteiger partial charge in [0, 0.05) is 6.54 Å². The average Bonchev–Trinajstić information content (AvgIpc) is 3.00. The summed E-state index contributed by atoms with van der Waals surface area (Å²) in [5.41, 5.74) is -1.12. The molecule has 1 atom stereocenters. The Morgan fingerprint density at radius 3 is 2.62 bits per heavy atom. The molecule has 0 bridgehead atoms. The van der Waals surface area contributed by atoms with E-state index in [0.717, 1.165) is 12.8 Å². The lowest BCUT2D eigenvalue weighted by Crippen LogP contribution is -2.55.